The number of piperidine rings is 1. The normalized spacial score (nSPS) is 18.2. The fourth-order valence-electron chi connectivity index (χ4n) is 7.26. The van der Waals surface area contributed by atoms with Gasteiger partial charge in [-0.15, -0.1) is 0 Å². The second kappa shape index (κ2) is 22.2. The van der Waals surface area contributed by atoms with Gasteiger partial charge in [-0.25, -0.2) is 0 Å². The minimum atomic E-state index is -1.57. The van der Waals surface area contributed by atoms with Gasteiger partial charge in [0, 0.05) is 26.6 Å². The third kappa shape index (κ3) is 13.6. The number of fused-ring (bicyclic) bond motifs is 1. The van der Waals surface area contributed by atoms with E-state index in [2.05, 4.69) is 31.9 Å². The SMILES string of the molecule is C[C@H](NC(=O)[C@H](CCCNC(=N)N)NC(=O)[C@H](Cc1ccc2ccccc2c1)NC(=O)[C@@H]1CCCCN1C(=O)[C@@H](CC(=O)O)NC(=O)CN(C)C(=O)[C@@H]1CCCN1)C(=O)O. The summed E-state index contributed by atoms with van der Waals surface area (Å²) in [5.74, 6) is -7.20. The molecule has 11 N–H and O–H groups in total. The Hall–Kier alpha value is -6.31. The third-order valence-corrected chi connectivity index (χ3v) is 10.4. The summed E-state index contributed by atoms with van der Waals surface area (Å²) in [6.45, 7) is 1.71. The molecule has 2 aliphatic heterocycles. The van der Waals surface area contributed by atoms with Crippen molar-refractivity contribution < 1.29 is 48.6 Å². The molecule has 0 saturated carbocycles. The molecule has 0 radical (unpaired) electrons. The number of nitrogens with one attached hydrogen (secondary N) is 7. The molecule has 60 heavy (non-hydrogen) atoms. The van der Waals surface area contributed by atoms with Crippen LogP contribution in [0.2, 0.25) is 0 Å². The van der Waals surface area contributed by atoms with Gasteiger partial charge in [-0.3, -0.25) is 43.8 Å². The average Bonchev–Trinajstić information content (AvgIpc) is 3.75. The van der Waals surface area contributed by atoms with E-state index in [-0.39, 0.29) is 50.6 Å². The van der Waals surface area contributed by atoms with E-state index in [1.165, 1.54) is 23.8 Å². The van der Waals surface area contributed by atoms with Crippen molar-refractivity contribution in [1.29, 1.82) is 5.41 Å². The molecule has 0 spiro atoms. The molecule has 2 aliphatic rings. The number of carbonyl (C=O) groups excluding carboxylic acids is 6. The highest BCUT2D eigenvalue weighted by molar-refractivity contribution is 5.98. The average molecular weight is 837 g/mol. The van der Waals surface area contributed by atoms with E-state index >= 15 is 0 Å². The highest BCUT2D eigenvalue weighted by Gasteiger charge is 2.39. The first-order chi connectivity index (χ1) is 28.5. The van der Waals surface area contributed by atoms with Gasteiger partial charge in [0.05, 0.1) is 19.0 Å². The summed E-state index contributed by atoms with van der Waals surface area (Å²) in [6.07, 6.45) is 1.93. The van der Waals surface area contributed by atoms with Gasteiger partial charge in [0.15, 0.2) is 5.96 Å². The van der Waals surface area contributed by atoms with Gasteiger partial charge in [0.25, 0.3) is 0 Å². The number of carboxylic acid groups (broad SMARTS) is 2. The second-order valence-electron chi connectivity index (χ2n) is 15.2. The van der Waals surface area contributed by atoms with Gasteiger partial charge in [-0.2, -0.15) is 0 Å². The zero-order valence-corrected chi connectivity index (χ0v) is 33.8. The molecule has 2 heterocycles. The lowest BCUT2D eigenvalue weighted by atomic mass is 9.97. The summed E-state index contributed by atoms with van der Waals surface area (Å²) in [4.78, 5) is 107. The molecule has 2 aromatic rings. The predicted molar refractivity (Wildman–Crippen MR) is 218 cm³/mol. The van der Waals surface area contributed by atoms with Crippen LogP contribution in [0.3, 0.4) is 0 Å². The van der Waals surface area contributed by atoms with Gasteiger partial charge in [-0.1, -0.05) is 42.5 Å². The van der Waals surface area contributed by atoms with E-state index in [0.717, 1.165) is 17.2 Å². The molecular formula is C40H56N10O10. The summed E-state index contributed by atoms with van der Waals surface area (Å²) in [7, 11) is 1.43. The van der Waals surface area contributed by atoms with Crippen molar-refractivity contribution in [2.45, 2.75) is 101 Å². The van der Waals surface area contributed by atoms with E-state index in [4.69, 9.17) is 11.1 Å². The topological polar surface area (TPSA) is 306 Å². The van der Waals surface area contributed by atoms with E-state index in [1.807, 2.05) is 36.4 Å². The summed E-state index contributed by atoms with van der Waals surface area (Å²) >= 11 is 0. The maximum Gasteiger partial charge on any atom is 0.325 e. The standard InChI is InChI=1S/C40H56N10O10/c1-23(39(59)60)45-34(54)27(11-7-17-44-40(41)42)47-35(55)29(20-24-14-15-25-9-3-4-10-26(25)19-24)48-36(56)31-13-5-6-18-50(31)38(58)30(21-33(52)53)46-32(51)22-49(2)37(57)28-12-8-16-43-28/h3-4,9-10,14-15,19,23,27-31,43H,5-8,11-13,16-18,20-22H2,1-2H3,(H,45,54)(H,46,51)(H,47,55)(H,48,56)(H,52,53)(H,59,60)(H4,41,42,44)/t23-,27-,28-,29-,30+,31-/m0/s1. The molecule has 2 fully saturated rings. The van der Waals surface area contributed by atoms with Crippen LogP contribution < -0.4 is 37.6 Å². The third-order valence-electron chi connectivity index (χ3n) is 10.4. The number of nitrogens with two attached hydrogens (primary N) is 1. The van der Waals surface area contributed by atoms with Crippen molar-refractivity contribution in [1.82, 2.24) is 41.7 Å². The zero-order valence-electron chi connectivity index (χ0n) is 33.8. The van der Waals surface area contributed by atoms with E-state index in [9.17, 15) is 48.6 Å². The van der Waals surface area contributed by atoms with Crippen LogP contribution in [0.4, 0.5) is 0 Å². The van der Waals surface area contributed by atoms with Crippen LogP contribution in [0, 0.1) is 5.41 Å². The Morgan fingerprint density at radius 1 is 0.900 bits per heavy atom. The number of nitrogens with zero attached hydrogens (tertiary/aromatic N) is 2. The van der Waals surface area contributed by atoms with Crippen molar-refractivity contribution in [3.63, 3.8) is 0 Å². The Labute approximate surface area is 347 Å². The maximum absolute atomic E-state index is 14.2. The smallest absolute Gasteiger partial charge is 0.325 e. The van der Waals surface area contributed by atoms with E-state index < -0.39 is 90.7 Å². The molecule has 0 unspecified atom stereocenters. The fourth-order valence-corrected chi connectivity index (χ4v) is 7.26. The molecule has 6 atom stereocenters. The van der Waals surface area contributed by atoms with Gasteiger partial charge < -0.3 is 57.6 Å². The summed E-state index contributed by atoms with van der Waals surface area (Å²) in [5, 5.41) is 44.2. The van der Waals surface area contributed by atoms with Gasteiger partial charge in [0.2, 0.25) is 35.4 Å². The number of amides is 6. The minimum Gasteiger partial charge on any atom is -0.481 e. The molecule has 4 rings (SSSR count). The number of carbonyl (C=O) groups is 8. The Morgan fingerprint density at radius 2 is 1.62 bits per heavy atom. The number of likely N-dealkylation sites (tertiary alicyclic amines) is 1. The lowest BCUT2D eigenvalue weighted by molar-refractivity contribution is -0.149. The number of guanidine groups is 1. The molecule has 2 aromatic carbocycles. The molecule has 20 nitrogen and oxygen atoms in total. The van der Waals surface area contributed by atoms with Crippen molar-refractivity contribution in [2.75, 3.05) is 33.2 Å². The van der Waals surface area contributed by atoms with Crippen LogP contribution in [-0.4, -0.2) is 143 Å². The number of carboxylic acids is 2. The van der Waals surface area contributed by atoms with Crippen LogP contribution >= 0.6 is 0 Å². The molecule has 0 aliphatic carbocycles. The summed E-state index contributed by atoms with van der Waals surface area (Å²) in [5.41, 5.74) is 6.02. The lowest BCUT2D eigenvalue weighted by Gasteiger charge is -2.37. The highest BCUT2D eigenvalue weighted by atomic mass is 16.4. The zero-order chi connectivity index (χ0) is 43.9. The Balaban J connectivity index is 1.57. The van der Waals surface area contributed by atoms with Crippen LogP contribution in [0.25, 0.3) is 10.8 Å². The lowest BCUT2D eigenvalue weighted by Crippen LogP contribution is -2.61. The van der Waals surface area contributed by atoms with Crippen molar-refractivity contribution in [3.8, 4) is 0 Å². The van der Waals surface area contributed by atoms with Crippen molar-refractivity contribution in [2.24, 2.45) is 5.73 Å². The number of hydrogen-bond acceptors (Lipinski definition) is 10. The minimum absolute atomic E-state index is 0.00382. The Kier molecular flexibility index (Phi) is 17.1. The Morgan fingerprint density at radius 3 is 2.28 bits per heavy atom. The molecule has 6 amide bonds. The van der Waals surface area contributed by atoms with Crippen molar-refractivity contribution >= 4 is 64.1 Å². The number of rotatable bonds is 20. The van der Waals surface area contributed by atoms with E-state index in [1.54, 1.807) is 6.07 Å². The summed E-state index contributed by atoms with van der Waals surface area (Å²) < 4.78 is 0. The molecule has 0 aromatic heterocycles. The first kappa shape index (κ1) is 46.4. The van der Waals surface area contributed by atoms with Crippen LogP contribution in [0.1, 0.15) is 63.9 Å². The van der Waals surface area contributed by atoms with Crippen LogP contribution in [0.15, 0.2) is 42.5 Å². The van der Waals surface area contributed by atoms with Crippen molar-refractivity contribution in [3.05, 3.63) is 48.0 Å². The first-order valence-corrected chi connectivity index (χ1v) is 20.0. The first-order valence-electron chi connectivity index (χ1n) is 20.0. The largest absolute Gasteiger partial charge is 0.481 e. The van der Waals surface area contributed by atoms with Gasteiger partial charge >= 0.3 is 11.9 Å². The number of aliphatic carboxylic acids is 2. The van der Waals surface area contributed by atoms with Gasteiger partial charge in [0.1, 0.15) is 30.2 Å². The Bertz CT molecular complexity index is 1920. The monoisotopic (exact) mass is 836 g/mol. The molecule has 20 heteroatoms. The quantitative estimate of drug-likeness (QED) is 0.0425. The summed E-state index contributed by atoms with van der Waals surface area (Å²) in [6, 6.07) is 5.93. The number of likely N-dealkylation sites (N-methyl/N-ethyl adjacent to an activating group) is 1. The number of hydrogen-bond donors (Lipinski definition) is 10. The van der Waals surface area contributed by atoms with Gasteiger partial charge in [-0.05, 0) is 74.8 Å². The molecular weight excluding hydrogens is 781 g/mol. The highest BCUT2D eigenvalue weighted by Crippen LogP contribution is 2.21. The molecule has 326 valence electrons. The van der Waals surface area contributed by atoms with Crippen LogP contribution in [-0.2, 0) is 44.8 Å². The molecule has 2 saturated heterocycles. The molecule has 0 bridgehead atoms. The van der Waals surface area contributed by atoms with E-state index in [0.29, 0.717) is 31.4 Å². The van der Waals surface area contributed by atoms with Crippen LogP contribution in [0.5, 0.6) is 0 Å². The second-order valence-corrected chi connectivity index (χ2v) is 15.2. The predicted octanol–water partition coefficient (Wildman–Crippen LogP) is -1.24. The maximum atomic E-state index is 14.2. The fraction of sp³-hybridized carbons (Fsp3) is 0.525. The number of benzene rings is 2.